The van der Waals surface area contributed by atoms with Gasteiger partial charge in [0.15, 0.2) is 0 Å². The fourth-order valence-corrected chi connectivity index (χ4v) is 2.84. The van der Waals surface area contributed by atoms with E-state index in [0.717, 1.165) is 37.3 Å². The van der Waals surface area contributed by atoms with Gasteiger partial charge in [-0.05, 0) is 49.5 Å². The summed E-state index contributed by atoms with van der Waals surface area (Å²) in [6, 6.07) is 0.190. The van der Waals surface area contributed by atoms with E-state index in [9.17, 15) is 0 Å². The van der Waals surface area contributed by atoms with Gasteiger partial charge in [0.05, 0.1) is 12.3 Å². The van der Waals surface area contributed by atoms with Crippen LogP contribution < -0.4 is 5.73 Å². The van der Waals surface area contributed by atoms with Crippen LogP contribution >= 0.6 is 0 Å². The van der Waals surface area contributed by atoms with Crippen molar-refractivity contribution < 1.29 is 4.74 Å². The molecule has 0 aromatic rings. The lowest BCUT2D eigenvalue weighted by atomic mass is 9.80. The highest BCUT2D eigenvalue weighted by Crippen LogP contribution is 2.39. The topological polar surface area (TPSA) is 47.6 Å². The molecule has 3 rings (SSSR count). The number of hydrogen-bond donors (Lipinski definition) is 1. The molecule has 0 aromatic heterocycles. The average Bonchev–Trinajstić information content (AvgIpc) is 2.72. The zero-order valence-electron chi connectivity index (χ0n) is 10.1. The molecule has 0 radical (unpaired) electrons. The molecule has 90 valence electrons. The van der Waals surface area contributed by atoms with Crippen LogP contribution in [0.2, 0.25) is 0 Å². The van der Waals surface area contributed by atoms with Gasteiger partial charge in [0.1, 0.15) is 5.76 Å². The predicted octanol–water partition coefficient (Wildman–Crippen LogP) is 2.31. The summed E-state index contributed by atoms with van der Waals surface area (Å²) in [5.41, 5.74) is 9.81. The quantitative estimate of drug-likeness (QED) is 0.791. The SMILES string of the molecule is C[C@H](N)CC1=CN=C2C=CC3=C(CCCO3)C12. The summed E-state index contributed by atoms with van der Waals surface area (Å²) in [5.74, 6) is 1.42. The van der Waals surface area contributed by atoms with E-state index in [1.54, 1.807) is 0 Å². The van der Waals surface area contributed by atoms with Crippen LogP contribution in [0.25, 0.3) is 0 Å². The van der Waals surface area contributed by atoms with Gasteiger partial charge in [-0.1, -0.05) is 0 Å². The lowest BCUT2D eigenvalue weighted by Crippen LogP contribution is -2.25. The molecule has 1 aliphatic carbocycles. The van der Waals surface area contributed by atoms with Gasteiger partial charge in [0, 0.05) is 18.2 Å². The number of ether oxygens (including phenoxy) is 1. The number of nitrogens with zero attached hydrogens (tertiary/aromatic N) is 1. The summed E-state index contributed by atoms with van der Waals surface area (Å²) in [5, 5.41) is 0. The molecule has 0 bridgehead atoms. The Morgan fingerprint density at radius 1 is 1.53 bits per heavy atom. The van der Waals surface area contributed by atoms with Crippen LogP contribution in [0.3, 0.4) is 0 Å². The molecule has 0 fully saturated rings. The van der Waals surface area contributed by atoms with Gasteiger partial charge in [-0.2, -0.15) is 0 Å². The second-order valence-corrected chi connectivity index (χ2v) is 5.05. The molecule has 0 spiro atoms. The van der Waals surface area contributed by atoms with Crippen LogP contribution in [0.15, 0.2) is 40.2 Å². The van der Waals surface area contributed by atoms with E-state index in [1.165, 1.54) is 11.1 Å². The molecule has 3 nitrogen and oxygen atoms in total. The van der Waals surface area contributed by atoms with Gasteiger partial charge >= 0.3 is 0 Å². The Balaban J connectivity index is 1.92. The average molecular weight is 230 g/mol. The highest BCUT2D eigenvalue weighted by molar-refractivity contribution is 6.04. The van der Waals surface area contributed by atoms with Crippen molar-refractivity contribution in [2.45, 2.75) is 32.2 Å². The normalized spacial score (nSPS) is 28.0. The Bertz CT molecular complexity index is 455. The Morgan fingerprint density at radius 2 is 2.41 bits per heavy atom. The number of rotatable bonds is 2. The van der Waals surface area contributed by atoms with Crippen molar-refractivity contribution in [2.75, 3.05) is 6.61 Å². The third-order valence-corrected chi connectivity index (χ3v) is 3.52. The Kier molecular flexibility index (Phi) is 2.63. The predicted molar refractivity (Wildman–Crippen MR) is 68.6 cm³/mol. The van der Waals surface area contributed by atoms with Crippen molar-refractivity contribution in [2.24, 2.45) is 16.6 Å². The molecule has 0 amide bonds. The minimum Gasteiger partial charge on any atom is -0.494 e. The number of aliphatic imine (C=N–C) groups is 1. The second kappa shape index (κ2) is 4.15. The first kappa shape index (κ1) is 10.8. The first-order valence-electron chi connectivity index (χ1n) is 6.32. The molecular formula is C14H18N2O. The monoisotopic (exact) mass is 230 g/mol. The van der Waals surface area contributed by atoms with Crippen molar-refractivity contribution >= 4 is 5.71 Å². The lowest BCUT2D eigenvalue weighted by Gasteiger charge is -2.29. The fraction of sp³-hybridized carbons (Fsp3) is 0.500. The smallest absolute Gasteiger partial charge is 0.119 e. The maximum absolute atomic E-state index is 5.91. The standard InChI is InChI=1S/C14H18N2O/c1-9(15)7-10-8-16-12-4-5-13-11(14(10)12)3-2-6-17-13/h4-5,8-9,14H,2-3,6-7,15H2,1H3/t9-,14?/m0/s1. The summed E-state index contributed by atoms with van der Waals surface area (Å²) in [4.78, 5) is 4.51. The van der Waals surface area contributed by atoms with Gasteiger partial charge in [-0.15, -0.1) is 0 Å². The molecule has 2 N–H and O–H groups in total. The van der Waals surface area contributed by atoms with Crippen LogP contribution in [-0.2, 0) is 4.74 Å². The van der Waals surface area contributed by atoms with Crippen LogP contribution in [-0.4, -0.2) is 18.4 Å². The Hall–Kier alpha value is -1.35. The summed E-state index contributed by atoms with van der Waals surface area (Å²) >= 11 is 0. The number of nitrogens with two attached hydrogens (primary N) is 1. The fourth-order valence-electron chi connectivity index (χ4n) is 2.84. The molecule has 0 saturated carbocycles. The van der Waals surface area contributed by atoms with E-state index in [4.69, 9.17) is 10.5 Å². The minimum absolute atomic E-state index is 0.190. The number of hydrogen-bond acceptors (Lipinski definition) is 3. The first-order chi connectivity index (χ1) is 8.25. The largest absolute Gasteiger partial charge is 0.494 e. The highest BCUT2D eigenvalue weighted by atomic mass is 16.5. The zero-order valence-corrected chi connectivity index (χ0v) is 10.1. The third kappa shape index (κ3) is 1.84. The van der Waals surface area contributed by atoms with Gasteiger partial charge in [-0.25, -0.2) is 0 Å². The van der Waals surface area contributed by atoms with E-state index in [-0.39, 0.29) is 6.04 Å². The van der Waals surface area contributed by atoms with Crippen molar-refractivity contribution in [3.05, 3.63) is 35.3 Å². The van der Waals surface area contributed by atoms with Crippen LogP contribution in [0.1, 0.15) is 26.2 Å². The summed E-state index contributed by atoms with van der Waals surface area (Å²) in [7, 11) is 0. The number of allylic oxidation sites excluding steroid dienone is 3. The molecule has 0 saturated heterocycles. The second-order valence-electron chi connectivity index (χ2n) is 5.05. The van der Waals surface area contributed by atoms with Crippen LogP contribution in [0, 0.1) is 5.92 Å². The molecule has 17 heavy (non-hydrogen) atoms. The van der Waals surface area contributed by atoms with Gasteiger partial charge in [0.2, 0.25) is 0 Å². The maximum atomic E-state index is 5.91. The zero-order chi connectivity index (χ0) is 11.8. The summed E-state index contributed by atoms with van der Waals surface area (Å²) < 4.78 is 5.72. The molecule has 2 aliphatic heterocycles. The molecule has 2 atom stereocenters. The molecular weight excluding hydrogens is 212 g/mol. The minimum atomic E-state index is 0.190. The van der Waals surface area contributed by atoms with E-state index >= 15 is 0 Å². The van der Waals surface area contributed by atoms with Crippen molar-refractivity contribution in [1.29, 1.82) is 0 Å². The van der Waals surface area contributed by atoms with Crippen molar-refractivity contribution in [1.82, 2.24) is 0 Å². The first-order valence-corrected chi connectivity index (χ1v) is 6.32. The summed E-state index contributed by atoms with van der Waals surface area (Å²) in [6.07, 6.45) is 9.30. The van der Waals surface area contributed by atoms with E-state index < -0.39 is 0 Å². The summed E-state index contributed by atoms with van der Waals surface area (Å²) in [6.45, 7) is 2.89. The van der Waals surface area contributed by atoms with Gasteiger partial charge in [0.25, 0.3) is 0 Å². The van der Waals surface area contributed by atoms with Gasteiger partial charge < -0.3 is 10.5 Å². The number of fused-ring (bicyclic) bond motifs is 2. The third-order valence-electron chi connectivity index (χ3n) is 3.52. The Morgan fingerprint density at radius 3 is 3.24 bits per heavy atom. The molecule has 1 unspecified atom stereocenters. The van der Waals surface area contributed by atoms with Crippen LogP contribution in [0.5, 0.6) is 0 Å². The van der Waals surface area contributed by atoms with E-state index in [2.05, 4.69) is 17.1 Å². The van der Waals surface area contributed by atoms with E-state index in [0.29, 0.717) is 5.92 Å². The highest BCUT2D eigenvalue weighted by Gasteiger charge is 2.33. The van der Waals surface area contributed by atoms with E-state index in [1.807, 2.05) is 13.1 Å². The van der Waals surface area contributed by atoms with Crippen molar-refractivity contribution in [3.63, 3.8) is 0 Å². The Labute approximate surface area is 102 Å². The molecule has 3 aliphatic rings. The van der Waals surface area contributed by atoms with Crippen molar-refractivity contribution in [3.8, 4) is 0 Å². The van der Waals surface area contributed by atoms with Gasteiger partial charge in [-0.3, -0.25) is 4.99 Å². The lowest BCUT2D eigenvalue weighted by molar-refractivity contribution is 0.196. The molecule has 0 aromatic carbocycles. The van der Waals surface area contributed by atoms with Crippen LogP contribution in [0.4, 0.5) is 0 Å². The molecule has 3 heteroatoms. The molecule has 2 heterocycles. The maximum Gasteiger partial charge on any atom is 0.119 e.